The van der Waals surface area contributed by atoms with Crippen molar-refractivity contribution in [2.45, 2.75) is 25.5 Å². The van der Waals surface area contributed by atoms with Gasteiger partial charge in [0.15, 0.2) is 0 Å². The lowest BCUT2D eigenvalue weighted by molar-refractivity contribution is 0.282. The van der Waals surface area contributed by atoms with E-state index in [1.54, 1.807) is 0 Å². The van der Waals surface area contributed by atoms with Crippen LogP contribution in [0, 0.1) is 0 Å². The first-order chi connectivity index (χ1) is 7.31. The van der Waals surface area contributed by atoms with E-state index in [0.717, 1.165) is 37.2 Å². The first-order valence-corrected chi connectivity index (χ1v) is 5.50. The summed E-state index contributed by atoms with van der Waals surface area (Å²) in [5.74, 6) is 0. The van der Waals surface area contributed by atoms with Gasteiger partial charge in [-0.25, -0.2) is 0 Å². The zero-order valence-electron chi connectivity index (χ0n) is 8.89. The van der Waals surface area contributed by atoms with E-state index in [1.807, 2.05) is 18.2 Å². The molecule has 0 bridgehead atoms. The number of anilines is 1. The van der Waals surface area contributed by atoms with Crippen molar-refractivity contribution >= 4 is 5.69 Å². The number of aliphatic hydroxyl groups excluding tert-OH is 1. The number of hydrogen-bond acceptors (Lipinski definition) is 3. The number of nitrogens with two attached hydrogens (primary N) is 1. The van der Waals surface area contributed by atoms with Gasteiger partial charge in [-0.15, -0.1) is 0 Å². The highest BCUT2D eigenvalue weighted by atomic mass is 16.3. The highest BCUT2D eigenvalue weighted by Gasteiger charge is 2.17. The van der Waals surface area contributed by atoms with Crippen molar-refractivity contribution in [2.75, 3.05) is 18.0 Å². The molecular formula is C12H18N2O. The van der Waals surface area contributed by atoms with Crippen LogP contribution in [0.5, 0.6) is 0 Å². The van der Waals surface area contributed by atoms with Crippen LogP contribution < -0.4 is 10.6 Å². The van der Waals surface area contributed by atoms with Crippen LogP contribution in [0.15, 0.2) is 24.3 Å². The predicted molar refractivity (Wildman–Crippen MR) is 61.8 cm³/mol. The molecule has 2 rings (SSSR count). The monoisotopic (exact) mass is 206 g/mol. The topological polar surface area (TPSA) is 49.5 Å². The number of piperidine rings is 1. The molecule has 0 saturated carbocycles. The van der Waals surface area contributed by atoms with Crippen LogP contribution in [0.25, 0.3) is 0 Å². The van der Waals surface area contributed by atoms with E-state index < -0.39 is 0 Å². The molecule has 1 saturated heterocycles. The molecule has 1 aromatic carbocycles. The molecule has 1 aromatic rings. The maximum atomic E-state index is 9.25. The van der Waals surface area contributed by atoms with E-state index in [-0.39, 0.29) is 6.61 Å². The maximum absolute atomic E-state index is 9.25. The Morgan fingerprint density at radius 3 is 2.60 bits per heavy atom. The van der Waals surface area contributed by atoms with E-state index in [1.165, 1.54) is 0 Å². The third-order valence-electron chi connectivity index (χ3n) is 3.04. The Hall–Kier alpha value is -1.06. The van der Waals surface area contributed by atoms with Gasteiger partial charge < -0.3 is 15.7 Å². The third kappa shape index (κ3) is 2.30. The van der Waals surface area contributed by atoms with Crippen LogP contribution in [0.4, 0.5) is 5.69 Å². The standard InChI is InChI=1S/C12H18N2O/c13-11-5-7-14(8-6-11)12-4-2-1-3-10(12)9-15/h1-4,11,15H,5-9,13H2. The second-order valence-corrected chi connectivity index (χ2v) is 4.11. The van der Waals surface area contributed by atoms with E-state index in [4.69, 9.17) is 5.73 Å². The van der Waals surface area contributed by atoms with Crippen LogP contribution in [-0.2, 0) is 6.61 Å². The maximum Gasteiger partial charge on any atom is 0.0702 e. The number of benzene rings is 1. The number of para-hydroxylation sites is 1. The number of nitrogens with zero attached hydrogens (tertiary/aromatic N) is 1. The van der Waals surface area contributed by atoms with E-state index in [9.17, 15) is 5.11 Å². The SMILES string of the molecule is NC1CCN(c2ccccc2CO)CC1. The molecule has 3 nitrogen and oxygen atoms in total. The van der Waals surface area contributed by atoms with Crippen molar-refractivity contribution in [2.24, 2.45) is 5.73 Å². The van der Waals surface area contributed by atoms with Crippen molar-refractivity contribution in [1.82, 2.24) is 0 Å². The Kier molecular flexibility index (Phi) is 3.23. The van der Waals surface area contributed by atoms with E-state index in [2.05, 4.69) is 11.0 Å². The normalized spacial score (nSPS) is 18.1. The lowest BCUT2D eigenvalue weighted by atomic mass is 10.0. The van der Waals surface area contributed by atoms with Crippen molar-refractivity contribution in [3.8, 4) is 0 Å². The summed E-state index contributed by atoms with van der Waals surface area (Å²) < 4.78 is 0. The average molecular weight is 206 g/mol. The minimum atomic E-state index is 0.110. The zero-order valence-corrected chi connectivity index (χ0v) is 8.89. The van der Waals surface area contributed by atoms with Crippen LogP contribution in [-0.4, -0.2) is 24.2 Å². The Labute approximate surface area is 90.5 Å². The summed E-state index contributed by atoms with van der Waals surface area (Å²) in [5.41, 5.74) is 8.04. The van der Waals surface area contributed by atoms with Gasteiger partial charge >= 0.3 is 0 Å². The molecule has 1 heterocycles. The second-order valence-electron chi connectivity index (χ2n) is 4.11. The fourth-order valence-electron chi connectivity index (χ4n) is 2.09. The average Bonchev–Trinajstić information content (AvgIpc) is 2.30. The molecule has 1 fully saturated rings. The van der Waals surface area contributed by atoms with Gasteiger partial charge in [-0.2, -0.15) is 0 Å². The highest BCUT2D eigenvalue weighted by molar-refractivity contribution is 5.53. The van der Waals surface area contributed by atoms with Crippen LogP contribution in [0.2, 0.25) is 0 Å². The smallest absolute Gasteiger partial charge is 0.0702 e. The van der Waals surface area contributed by atoms with E-state index in [0.29, 0.717) is 6.04 Å². The molecule has 1 aliphatic heterocycles. The lowest BCUT2D eigenvalue weighted by Crippen LogP contribution is -2.40. The first kappa shape index (κ1) is 10.5. The molecule has 0 aliphatic carbocycles. The summed E-state index contributed by atoms with van der Waals surface area (Å²) in [6.07, 6.45) is 2.08. The highest BCUT2D eigenvalue weighted by Crippen LogP contribution is 2.23. The molecule has 0 radical (unpaired) electrons. The van der Waals surface area contributed by atoms with Gasteiger partial charge in [-0.1, -0.05) is 18.2 Å². The molecule has 1 aliphatic rings. The Morgan fingerprint density at radius 2 is 1.93 bits per heavy atom. The Morgan fingerprint density at radius 1 is 1.27 bits per heavy atom. The summed E-state index contributed by atoms with van der Waals surface area (Å²) in [4.78, 5) is 2.31. The zero-order chi connectivity index (χ0) is 10.7. The van der Waals surface area contributed by atoms with Crippen molar-refractivity contribution in [3.63, 3.8) is 0 Å². The van der Waals surface area contributed by atoms with Crippen molar-refractivity contribution < 1.29 is 5.11 Å². The number of aliphatic hydroxyl groups is 1. The van der Waals surface area contributed by atoms with Gasteiger partial charge in [-0.3, -0.25) is 0 Å². The summed E-state index contributed by atoms with van der Waals surface area (Å²) >= 11 is 0. The largest absolute Gasteiger partial charge is 0.392 e. The molecule has 0 unspecified atom stereocenters. The fourth-order valence-corrected chi connectivity index (χ4v) is 2.09. The molecule has 82 valence electrons. The molecule has 3 N–H and O–H groups in total. The minimum absolute atomic E-state index is 0.110. The molecule has 0 amide bonds. The van der Waals surface area contributed by atoms with Crippen LogP contribution in [0.3, 0.4) is 0 Å². The van der Waals surface area contributed by atoms with Gasteiger partial charge in [0.25, 0.3) is 0 Å². The summed E-state index contributed by atoms with van der Waals surface area (Å²) in [5, 5.41) is 9.25. The first-order valence-electron chi connectivity index (χ1n) is 5.50. The van der Waals surface area contributed by atoms with Gasteiger partial charge in [-0.05, 0) is 18.9 Å². The van der Waals surface area contributed by atoms with E-state index >= 15 is 0 Å². The Balaban J connectivity index is 2.15. The Bertz CT molecular complexity index is 319. The molecule has 3 heteroatoms. The van der Waals surface area contributed by atoms with Crippen LogP contribution >= 0.6 is 0 Å². The molecule has 15 heavy (non-hydrogen) atoms. The van der Waals surface area contributed by atoms with Gasteiger partial charge in [0.05, 0.1) is 6.61 Å². The number of rotatable bonds is 2. The number of hydrogen-bond donors (Lipinski definition) is 2. The summed E-state index contributed by atoms with van der Waals surface area (Å²) in [6, 6.07) is 8.38. The predicted octanol–water partition coefficient (Wildman–Crippen LogP) is 1.11. The van der Waals surface area contributed by atoms with Crippen molar-refractivity contribution in [3.05, 3.63) is 29.8 Å². The lowest BCUT2D eigenvalue weighted by Gasteiger charge is -2.33. The van der Waals surface area contributed by atoms with Gasteiger partial charge in [0.1, 0.15) is 0 Å². The fraction of sp³-hybridized carbons (Fsp3) is 0.500. The van der Waals surface area contributed by atoms with Crippen molar-refractivity contribution in [1.29, 1.82) is 0 Å². The van der Waals surface area contributed by atoms with Gasteiger partial charge in [0, 0.05) is 30.4 Å². The van der Waals surface area contributed by atoms with Gasteiger partial charge in [0.2, 0.25) is 0 Å². The molecule has 0 atom stereocenters. The minimum Gasteiger partial charge on any atom is -0.392 e. The van der Waals surface area contributed by atoms with Crippen LogP contribution in [0.1, 0.15) is 18.4 Å². The molecular weight excluding hydrogens is 188 g/mol. The summed E-state index contributed by atoms with van der Waals surface area (Å²) in [7, 11) is 0. The summed E-state index contributed by atoms with van der Waals surface area (Å²) in [6.45, 7) is 2.11. The molecule has 0 aromatic heterocycles. The second kappa shape index (κ2) is 4.64. The third-order valence-corrected chi connectivity index (χ3v) is 3.04. The quantitative estimate of drug-likeness (QED) is 0.762. The molecule has 0 spiro atoms.